The molecule has 5 aromatic carbocycles. The van der Waals surface area contributed by atoms with Crippen LogP contribution in [0.1, 0.15) is 247 Å². The Morgan fingerprint density at radius 3 is 2.21 bits per heavy atom. The van der Waals surface area contributed by atoms with Crippen molar-refractivity contribution in [3.05, 3.63) is 238 Å². The number of rotatable bonds is 32. The summed E-state index contributed by atoms with van der Waals surface area (Å²) >= 11 is 1.63. The molecule has 14 rings (SSSR count). The molecule has 1 unspecified atom stereocenters. The Labute approximate surface area is 694 Å². The number of anilines is 1. The summed E-state index contributed by atoms with van der Waals surface area (Å²) in [7, 11) is -8.54. The molecule has 1 saturated heterocycles. The number of ketones is 1. The molecule has 3 atom stereocenters. The Hall–Kier alpha value is -9.35. The quantitative estimate of drug-likeness (QED) is 0.0118. The fraction of sp³-hybridized carbons (Fsp3) is 0.417. The van der Waals surface area contributed by atoms with Crippen molar-refractivity contribution in [2.45, 2.75) is 207 Å². The summed E-state index contributed by atoms with van der Waals surface area (Å²) in [6, 6.07) is 33.2. The number of amides is 2. The molecule has 4 aliphatic heterocycles. The second-order valence-corrected chi connectivity index (χ2v) is 38.0. The summed E-state index contributed by atoms with van der Waals surface area (Å²) in [6.45, 7) is 26.7. The average Bonchev–Trinajstić information content (AvgIpc) is 1.58. The first-order valence-electron chi connectivity index (χ1n) is 42.3. The van der Waals surface area contributed by atoms with Gasteiger partial charge in [0, 0.05) is 169 Å². The van der Waals surface area contributed by atoms with Crippen LogP contribution in [0.25, 0.3) is 45.3 Å². The number of Topliss-reactive ketones (excluding diaryl/α,β-unsaturated/α-hetero) is 1. The Bertz CT molecular complexity index is 5860. The van der Waals surface area contributed by atoms with Crippen LogP contribution in [0.5, 0.6) is 0 Å². The Kier molecular flexibility index (Phi) is 25.4. The van der Waals surface area contributed by atoms with Crippen LogP contribution >= 0.6 is 11.8 Å². The average molecular weight is 1640 g/mol. The minimum absolute atomic E-state index is 0.0154. The lowest BCUT2D eigenvalue weighted by Crippen LogP contribution is -2.28. The standard InChI is InChI=1S/C96H114N8O10S3/c1-12-14-15-24-51-114-63(7)87-61(5)77-56-76-60(4)71(91(101-76)74-55-83(105)88-62(6)78(102-92(74)88)57-79-70(13-2)59(3)75(99-79)58-80(87)100-77)41-46-86(106)97-47-20-21-48-98-94(107)68-33-28-34-69(54-68)115-93-66(39-44-84-95(8,9)89-72-35-18-16-29-64(72)37-42-81(89)103(84)49-22-25-52-116(108,109)110)31-27-32-67(93)40-45-85-96(10,11)90-73-36-19-17-30-65(73)38-43-82(90)104(85)50-23-26-53-117(111,112)113/h16-19,28-30,33-40,42-45,54,56-58,60,63,71,99-100H,12-15,20-27,31-32,41,46-53,55H2,1-11H3,(H5-,97,98,101,102,105,106,107,108,109,110,111,112,113)/t60-,63?,71-/m0/s1. The van der Waals surface area contributed by atoms with E-state index in [0.29, 0.717) is 76.9 Å². The number of aromatic amines is 3. The van der Waals surface area contributed by atoms with Crippen LogP contribution < -0.4 is 31.5 Å². The Morgan fingerprint density at radius 2 is 1.46 bits per heavy atom. The molecule has 7 heterocycles. The van der Waals surface area contributed by atoms with Crippen LogP contribution in [0.3, 0.4) is 0 Å². The number of hydrogen-bond donors (Lipinski definition) is 7. The van der Waals surface area contributed by atoms with E-state index in [4.69, 9.17) is 4.74 Å². The van der Waals surface area contributed by atoms with Crippen LogP contribution in [0.2, 0.25) is 0 Å². The molecule has 0 spiro atoms. The summed E-state index contributed by atoms with van der Waals surface area (Å²) in [4.78, 5) is 58.2. The minimum atomic E-state index is -4.39. The zero-order valence-electron chi connectivity index (χ0n) is 69.7. The molecule has 21 heteroatoms. The number of hydrogen-bond acceptors (Lipinski definition) is 12. The molecule has 117 heavy (non-hydrogen) atoms. The van der Waals surface area contributed by atoms with Crippen LogP contribution in [0.15, 0.2) is 159 Å². The van der Waals surface area contributed by atoms with E-state index in [2.05, 4.69) is 213 Å². The highest BCUT2D eigenvalue weighted by Crippen LogP contribution is 2.53. The van der Waals surface area contributed by atoms with Crippen LogP contribution in [-0.2, 0) is 47.0 Å². The molecule has 6 aliphatic rings. The molecule has 2 amide bonds. The molecule has 3 aromatic heterocycles. The molecule has 616 valence electrons. The number of H-pyrrole nitrogens is 3. The smallest absolute Gasteiger partial charge is 0.264 e. The van der Waals surface area contributed by atoms with Crippen molar-refractivity contribution >= 4 is 112 Å². The van der Waals surface area contributed by atoms with Gasteiger partial charge >= 0.3 is 0 Å². The highest BCUT2D eigenvalue weighted by atomic mass is 32.2. The zero-order chi connectivity index (χ0) is 82.8. The normalized spacial score (nSPS) is 18.5. The summed E-state index contributed by atoms with van der Waals surface area (Å²) in [5.41, 5.74) is 21.4. The summed E-state index contributed by atoms with van der Waals surface area (Å²) in [5.74, 6) is -1.02. The Morgan fingerprint density at radius 1 is 0.744 bits per heavy atom. The number of allylic oxidation sites excluding steroid dienone is 10. The molecule has 0 radical (unpaired) electrons. The monoisotopic (exact) mass is 1630 g/mol. The van der Waals surface area contributed by atoms with E-state index in [1.165, 1.54) is 28.7 Å². The number of ether oxygens (including phenoxy) is 1. The van der Waals surface area contributed by atoms with Crippen molar-refractivity contribution < 1.29 is 49.6 Å². The molecule has 8 bridgehead atoms. The first kappa shape index (κ1) is 84.1. The second-order valence-electron chi connectivity index (χ2n) is 33.8. The highest BCUT2D eigenvalue weighted by Gasteiger charge is 2.47. The van der Waals surface area contributed by atoms with Gasteiger partial charge in [-0.15, -0.1) is 0 Å². The van der Waals surface area contributed by atoms with Gasteiger partial charge in [0.15, 0.2) is 11.5 Å². The molecular formula is C96H114N8O10S3. The predicted molar refractivity (Wildman–Crippen MR) is 473 cm³/mol. The lowest BCUT2D eigenvalue weighted by Gasteiger charge is -2.28. The second kappa shape index (κ2) is 35.3. The number of unbranched alkanes of at least 4 members (excludes halogenated alkanes) is 6. The summed E-state index contributed by atoms with van der Waals surface area (Å²) in [6.07, 6.45) is 27.1. The maximum absolute atomic E-state index is 14.3. The summed E-state index contributed by atoms with van der Waals surface area (Å²) < 4.78 is 78.1. The number of benzene rings is 5. The number of nitrogens with zero attached hydrogens (tertiary/aromatic N) is 2. The van der Waals surface area contributed by atoms with Crippen molar-refractivity contribution in [1.29, 1.82) is 0 Å². The molecule has 8 aromatic rings. The van der Waals surface area contributed by atoms with Gasteiger partial charge in [-0.1, -0.05) is 138 Å². The molecule has 0 saturated carbocycles. The fourth-order valence-corrected chi connectivity index (χ4v) is 21.4. The van der Waals surface area contributed by atoms with E-state index in [-0.39, 0.29) is 60.6 Å². The van der Waals surface area contributed by atoms with Crippen molar-refractivity contribution in [2.24, 2.45) is 11.8 Å². The molecule has 2 aliphatic carbocycles. The lowest BCUT2D eigenvalue weighted by molar-refractivity contribution is -0.438. The van der Waals surface area contributed by atoms with Crippen LogP contribution in [-0.4, -0.2) is 113 Å². The van der Waals surface area contributed by atoms with Gasteiger partial charge < -0.3 is 45.1 Å². The van der Waals surface area contributed by atoms with Gasteiger partial charge in [0.25, 0.3) is 16.0 Å². The third-order valence-electron chi connectivity index (χ3n) is 25.2. The molecule has 1 fully saturated rings. The number of carbonyl (C=O) groups is 3. The van der Waals surface area contributed by atoms with Gasteiger partial charge in [0.05, 0.1) is 33.1 Å². The number of carbonyl (C=O) groups excluding carboxylic acids is 3. The van der Waals surface area contributed by atoms with Crippen molar-refractivity contribution in [3.8, 4) is 0 Å². The van der Waals surface area contributed by atoms with Gasteiger partial charge in [-0.2, -0.15) is 13.0 Å². The van der Waals surface area contributed by atoms with E-state index >= 15 is 0 Å². The first-order chi connectivity index (χ1) is 56.0. The van der Waals surface area contributed by atoms with E-state index in [1.807, 2.05) is 43.3 Å². The molecule has 18 nitrogen and oxygen atoms in total. The number of nitrogens with one attached hydrogen (secondary N) is 6. The molecule has 7 N–H and O–H groups in total. The number of fused-ring (bicyclic) bond motifs is 13. The van der Waals surface area contributed by atoms with E-state index < -0.39 is 36.8 Å². The topological polar surface area (TPSA) is 262 Å². The van der Waals surface area contributed by atoms with Crippen molar-refractivity contribution in [3.63, 3.8) is 0 Å². The van der Waals surface area contributed by atoms with Gasteiger partial charge in [0.2, 0.25) is 11.6 Å². The molecular weight excluding hydrogens is 1520 g/mol. The van der Waals surface area contributed by atoms with Crippen molar-refractivity contribution in [1.82, 2.24) is 30.9 Å². The highest BCUT2D eigenvalue weighted by molar-refractivity contribution is 8.03. The maximum Gasteiger partial charge on any atom is 0.264 e. The number of thioether (sulfide) groups is 1. The van der Waals surface area contributed by atoms with Crippen LogP contribution in [0, 0.1) is 32.6 Å². The number of aromatic nitrogens is 3. The van der Waals surface area contributed by atoms with Gasteiger partial charge in [-0.05, 0) is 227 Å². The fourth-order valence-electron chi connectivity index (χ4n) is 19.1. The van der Waals surface area contributed by atoms with Crippen LogP contribution in [0.4, 0.5) is 11.4 Å². The third kappa shape index (κ3) is 17.9. The lowest BCUT2D eigenvalue weighted by atomic mass is 9.78. The van der Waals surface area contributed by atoms with E-state index in [9.17, 15) is 40.3 Å². The third-order valence-corrected chi connectivity index (χ3v) is 28.0. The Balaban J connectivity index is 0.693. The maximum atomic E-state index is 14.3. The van der Waals surface area contributed by atoms with Crippen molar-refractivity contribution in [2.75, 3.05) is 49.2 Å². The van der Waals surface area contributed by atoms with E-state index in [1.54, 1.807) is 11.8 Å². The predicted octanol–water partition coefficient (Wildman–Crippen LogP) is 18.2. The SMILES string of the molecule is CCCCCCOC(C)c1c2[nH]c(c1C)C=C1NC(=C3CC(=O)c4c3[nH]c(c4C)C=c3[nH]c(c(C)c3CC)=C2)[C@@H](CCC(=O)NCCCCNC(=O)c2cccc(SC3=C(/C=C/C4=[N+](CCCCS(=O)(=O)[O-])c5ccc6ccccc6c5C4(C)C)CCC/C3=C\C=C3\N(CCCCS(=O)(=O)O)c4ccc5ccccc5c4C3(C)C)c2)[C@@H]1C. The zero-order valence-corrected chi connectivity index (χ0v) is 72.2. The summed E-state index contributed by atoms with van der Waals surface area (Å²) in [5, 5.41) is 16.8. The first-order valence-corrected chi connectivity index (χ1v) is 46.3. The largest absolute Gasteiger partial charge is 0.748 e. The van der Waals surface area contributed by atoms with Gasteiger partial charge in [-0.25, -0.2) is 8.42 Å². The van der Waals surface area contributed by atoms with Gasteiger partial charge in [-0.3, -0.25) is 18.9 Å². The van der Waals surface area contributed by atoms with Gasteiger partial charge in [0.1, 0.15) is 6.54 Å². The van der Waals surface area contributed by atoms with E-state index in [0.717, 1.165) is 183 Å². The minimum Gasteiger partial charge on any atom is -0.748 e.